The molecule has 4 aromatic heterocycles. The Hall–Kier alpha value is -9.25. The van der Waals surface area contributed by atoms with Crippen molar-refractivity contribution >= 4 is 65.4 Å². The first kappa shape index (κ1) is 39.0. The summed E-state index contributed by atoms with van der Waals surface area (Å²) in [6.07, 6.45) is 0. The smallest absolute Gasteiger partial charge is 0.0715 e. The minimum atomic E-state index is 0.934. The molecule has 4 heterocycles. The van der Waals surface area contributed by atoms with Crippen LogP contribution in [-0.2, 0) is 0 Å². The lowest BCUT2D eigenvalue weighted by molar-refractivity contribution is 1.17. The highest BCUT2D eigenvalue weighted by Gasteiger charge is 2.23. The molecule has 0 atom stereocenters. The molecule has 0 aliphatic carbocycles. The van der Waals surface area contributed by atoms with Gasteiger partial charge >= 0.3 is 0 Å². The molecule has 4 heteroatoms. The maximum Gasteiger partial charge on any atom is 0.0715 e. The lowest BCUT2D eigenvalue weighted by Crippen LogP contribution is -1.96. The van der Waals surface area contributed by atoms with Crippen LogP contribution in [-0.4, -0.2) is 18.7 Å². The van der Waals surface area contributed by atoms with Crippen LogP contribution >= 0.6 is 0 Å². The Bertz CT molecular complexity index is 4220. The zero-order chi connectivity index (χ0) is 45.4. The fourth-order valence-electron chi connectivity index (χ4n) is 11.0. The van der Waals surface area contributed by atoms with Gasteiger partial charge in [0.1, 0.15) is 0 Å². The van der Waals surface area contributed by atoms with Crippen LogP contribution in [0.1, 0.15) is 0 Å². The van der Waals surface area contributed by atoms with E-state index in [0.717, 1.165) is 72.8 Å². The molecule has 0 aliphatic heterocycles. The largest absolute Gasteiger partial charge is 0.309 e. The molecular weight excluding hydrogens is 837 g/mol. The summed E-state index contributed by atoms with van der Waals surface area (Å²) in [5.74, 6) is 0. The van der Waals surface area contributed by atoms with E-state index in [1.807, 2.05) is 0 Å². The quantitative estimate of drug-likeness (QED) is 0.157. The number of aromatic nitrogens is 4. The number of nitrogens with zero attached hydrogens (tertiary/aromatic N) is 4. The van der Waals surface area contributed by atoms with Gasteiger partial charge in [0.15, 0.2) is 0 Å². The average molecular weight is 879 g/mol. The minimum Gasteiger partial charge on any atom is -0.309 e. The van der Waals surface area contributed by atoms with Crippen LogP contribution in [0.4, 0.5) is 0 Å². The van der Waals surface area contributed by atoms with Gasteiger partial charge in [0, 0.05) is 60.5 Å². The van der Waals surface area contributed by atoms with E-state index < -0.39 is 0 Å². The van der Waals surface area contributed by atoms with Gasteiger partial charge in [-0.3, -0.25) is 0 Å². The maximum absolute atomic E-state index is 5.34. The molecule has 0 amide bonds. The normalized spacial score (nSPS) is 11.8. The predicted molar refractivity (Wildman–Crippen MR) is 289 cm³/mol. The number of rotatable bonds is 7. The molecule has 0 bridgehead atoms. The zero-order valence-corrected chi connectivity index (χ0v) is 37.5. The van der Waals surface area contributed by atoms with Crippen LogP contribution in [0, 0.1) is 0 Å². The van der Waals surface area contributed by atoms with Gasteiger partial charge in [0.2, 0.25) is 0 Å². The number of hydrogen-bond acceptors (Lipinski definition) is 1. The Labute approximate surface area is 398 Å². The van der Waals surface area contributed by atoms with Crippen molar-refractivity contribution < 1.29 is 0 Å². The summed E-state index contributed by atoms with van der Waals surface area (Å²) >= 11 is 0. The van der Waals surface area contributed by atoms with Gasteiger partial charge in [-0.05, 0) is 113 Å². The highest BCUT2D eigenvalue weighted by Crippen LogP contribution is 2.47. The van der Waals surface area contributed by atoms with Crippen LogP contribution < -0.4 is 0 Å². The van der Waals surface area contributed by atoms with Crippen molar-refractivity contribution in [3.05, 3.63) is 255 Å². The molecule has 0 aliphatic rings. The molecule has 0 unspecified atom stereocenters. The number of hydrogen-bond donors (Lipinski definition) is 0. The van der Waals surface area contributed by atoms with Crippen molar-refractivity contribution in [3.63, 3.8) is 0 Å². The summed E-state index contributed by atoms with van der Waals surface area (Å²) in [6.45, 7) is 0. The molecule has 0 saturated carbocycles. The topological polar surface area (TPSA) is 27.7 Å². The van der Waals surface area contributed by atoms with Gasteiger partial charge in [0.05, 0.1) is 44.5 Å². The molecule has 4 nitrogen and oxygen atoms in total. The summed E-state index contributed by atoms with van der Waals surface area (Å²) in [6, 6.07) is 92.4. The first-order chi connectivity index (χ1) is 34.2. The Kier molecular flexibility index (Phi) is 8.86. The Morgan fingerprint density at radius 3 is 1.28 bits per heavy atom. The Morgan fingerprint density at radius 1 is 0.232 bits per heavy atom. The van der Waals surface area contributed by atoms with Crippen LogP contribution in [0.3, 0.4) is 0 Å². The fourth-order valence-corrected chi connectivity index (χ4v) is 11.0. The standard InChI is InChI=1S/C65H42N4/c1-5-20-43(21-6-1)57-38-45(39-58(66-57)44-22-7-2-8-23-44)53-41-56-50-29-14-17-33-60(50)68(47-26-11-4-12-27-47)64(56)42-54(53)51-31-19-35-63-65(51)52-30-15-18-34-61(52)69(63)48-36-37-62-55(40-48)49-28-13-16-32-59(49)67(62)46-24-9-3-10-25-46/h1-42H. The minimum absolute atomic E-state index is 0.934. The average Bonchev–Trinajstić information content (AvgIpc) is 4.06. The highest BCUT2D eigenvalue weighted by molar-refractivity contribution is 6.20. The molecule has 14 aromatic rings. The summed E-state index contributed by atoms with van der Waals surface area (Å²) < 4.78 is 7.28. The third kappa shape index (κ3) is 6.20. The van der Waals surface area contributed by atoms with E-state index >= 15 is 0 Å². The zero-order valence-electron chi connectivity index (χ0n) is 37.5. The van der Waals surface area contributed by atoms with Crippen LogP contribution in [0.2, 0.25) is 0 Å². The Balaban J connectivity index is 1.08. The highest BCUT2D eigenvalue weighted by atomic mass is 15.0. The number of pyridine rings is 1. The van der Waals surface area contributed by atoms with Crippen molar-refractivity contribution in [2.75, 3.05) is 0 Å². The van der Waals surface area contributed by atoms with Gasteiger partial charge in [0.25, 0.3) is 0 Å². The van der Waals surface area contributed by atoms with Gasteiger partial charge < -0.3 is 13.7 Å². The van der Waals surface area contributed by atoms with E-state index in [0.29, 0.717) is 0 Å². The summed E-state index contributed by atoms with van der Waals surface area (Å²) in [7, 11) is 0. The van der Waals surface area contributed by atoms with Crippen LogP contribution in [0.5, 0.6) is 0 Å². The first-order valence-electron chi connectivity index (χ1n) is 23.6. The molecule has 10 aromatic carbocycles. The Morgan fingerprint density at radius 2 is 0.681 bits per heavy atom. The summed E-state index contributed by atoms with van der Waals surface area (Å²) in [5.41, 5.74) is 19.0. The molecule has 0 radical (unpaired) electrons. The monoisotopic (exact) mass is 878 g/mol. The molecule has 322 valence electrons. The summed E-state index contributed by atoms with van der Waals surface area (Å²) in [4.78, 5) is 5.34. The van der Waals surface area contributed by atoms with Crippen molar-refractivity contribution in [2.45, 2.75) is 0 Å². The fraction of sp³-hybridized carbons (Fsp3) is 0. The lowest BCUT2D eigenvalue weighted by atomic mass is 9.89. The van der Waals surface area contributed by atoms with Crippen molar-refractivity contribution in [3.8, 4) is 61.8 Å². The number of benzene rings is 10. The van der Waals surface area contributed by atoms with Crippen LogP contribution in [0.25, 0.3) is 127 Å². The first-order valence-corrected chi connectivity index (χ1v) is 23.6. The van der Waals surface area contributed by atoms with E-state index in [9.17, 15) is 0 Å². The van der Waals surface area contributed by atoms with E-state index in [-0.39, 0.29) is 0 Å². The second kappa shape index (κ2) is 15.7. The number of para-hydroxylation sites is 5. The van der Waals surface area contributed by atoms with Crippen molar-refractivity contribution in [1.29, 1.82) is 0 Å². The van der Waals surface area contributed by atoms with E-state index in [1.54, 1.807) is 0 Å². The molecule has 69 heavy (non-hydrogen) atoms. The molecule has 14 rings (SSSR count). The molecule has 0 N–H and O–H groups in total. The molecule has 0 spiro atoms. The third-order valence-corrected chi connectivity index (χ3v) is 14.0. The van der Waals surface area contributed by atoms with Gasteiger partial charge in [-0.15, -0.1) is 0 Å². The second-order valence-corrected chi connectivity index (χ2v) is 17.9. The predicted octanol–water partition coefficient (Wildman–Crippen LogP) is 17.0. The molecule has 0 fully saturated rings. The van der Waals surface area contributed by atoms with Gasteiger partial charge in [-0.1, -0.05) is 164 Å². The van der Waals surface area contributed by atoms with Gasteiger partial charge in [-0.2, -0.15) is 0 Å². The summed E-state index contributed by atoms with van der Waals surface area (Å²) in [5, 5.41) is 7.27. The van der Waals surface area contributed by atoms with E-state index in [4.69, 9.17) is 4.98 Å². The van der Waals surface area contributed by atoms with E-state index in [1.165, 1.54) is 54.4 Å². The van der Waals surface area contributed by atoms with Crippen LogP contribution in [0.15, 0.2) is 255 Å². The van der Waals surface area contributed by atoms with Crippen molar-refractivity contribution in [2.24, 2.45) is 0 Å². The maximum atomic E-state index is 5.34. The van der Waals surface area contributed by atoms with Crippen molar-refractivity contribution in [1.82, 2.24) is 18.7 Å². The van der Waals surface area contributed by atoms with Gasteiger partial charge in [-0.25, -0.2) is 4.98 Å². The van der Waals surface area contributed by atoms with E-state index in [2.05, 4.69) is 268 Å². The second-order valence-electron chi connectivity index (χ2n) is 17.9. The molecule has 0 saturated heterocycles. The lowest BCUT2D eigenvalue weighted by Gasteiger charge is -2.17. The third-order valence-electron chi connectivity index (χ3n) is 14.0. The molecular formula is C65H42N4. The number of fused-ring (bicyclic) bond motifs is 9. The SMILES string of the molecule is c1ccc(-c2cc(-c3cc4c5ccccc5n(-c5ccccc5)c4cc3-c3cccc4c3c3ccccc3n4-c3ccc4c(c3)c3ccccc3n4-c3ccccc3)cc(-c3ccccc3)n2)cc1.